The summed E-state index contributed by atoms with van der Waals surface area (Å²) in [4.78, 5) is 25.9. The Balaban J connectivity index is 1.70. The molecule has 2 heterocycles. The third-order valence-corrected chi connectivity index (χ3v) is 4.89. The Kier molecular flexibility index (Phi) is 5.26. The zero-order valence-electron chi connectivity index (χ0n) is 14.9. The smallest absolute Gasteiger partial charge is 0.285 e. The number of hydrogen-bond acceptors (Lipinski definition) is 5. The highest BCUT2D eigenvalue weighted by Crippen LogP contribution is 2.32. The molecule has 1 aliphatic rings. The fourth-order valence-electron chi connectivity index (χ4n) is 2.56. The van der Waals surface area contributed by atoms with Gasteiger partial charge in [0.15, 0.2) is 5.04 Å². The van der Waals surface area contributed by atoms with Crippen molar-refractivity contribution >= 4 is 46.1 Å². The van der Waals surface area contributed by atoms with Crippen molar-refractivity contribution in [2.75, 3.05) is 10.3 Å². The number of rotatable bonds is 4. The molecule has 0 saturated carbocycles. The number of para-hydroxylation sites is 1. The van der Waals surface area contributed by atoms with Crippen LogP contribution in [0.1, 0.15) is 5.76 Å². The lowest BCUT2D eigenvalue weighted by Gasteiger charge is -2.24. The first-order valence-electron chi connectivity index (χ1n) is 8.58. The highest BCUT2D eigenvalue weighted by molar-refractivity contribution is 8.19. The zero-order valence-corrected chi connectivity index (χ0v) is 15.7. The number of nitrogens with one attached hydrogen (secondary N) is 1. The number of carbonyl (C=O) groups is 2. The van der Waals surface area contributed by atoms with Crippen molar-refractivity contribution in [1.29, 1.82) is 0 Å². The van der Waals surface area contributed by atoms with Gasteiger partial charge in [0, 0.05) is 11.8 Å². The molecule has 0 spiro atoms. The normalized spacial score (nSPS) is 15.3. The van der Waals surface area contributed by atoms with Gasteiger partial charge in [-0.1, -0.05) is 30.0 Å². The first kappa shape index (κ1) is 18.7. The van der Waals surface area contributed by atoms with Crippen LogP contribution in [-0.2, 0) is 9.59 Å². The number of thioether (sulfide) groups is 1. The van der Waals surface area contributed by atoms with Gasteiger partial charge in [-0.2, -0.15) is 10.1 Å². The van der Waals surface area contributed by atoms with Gasteiger partial charge in [-0.25, -0.2) is 4.39 Å². The van der Waals surface area contributed by atoms with Gasteiger partial charge >= 0.3 is 0 Å². The molecule has 1 aliphatic heterocycles. The molecule has 0 radical (unpaired) electrons. The first-order chi connectivity index (χ1) is 14.1. The maximum Gasteiger partial charge on any atom is 0.285 e. The molecule has 0 aliphatic carbocycles. The van der Waals surface area contributed by atoms with E-state index in [1.807, 2.05) is 6.07 Å². The van der Waals surface area contributed by atoms with Crippen LogP contribution in [0.5, 0.6) is 0 Å². The summed E-state index contributed by atoms with van der Waals surface area (Å²) in [6, 6.07) is 17.6. The third-order valence-electron chi connectivity index (χ3n) is 3.91. The third kappa shape index (κ3) is 4.27. The van der Waals surface area contributed by atoms with E-state index >= 15 is 0 Å². The van der Waals surface area contributed by atoms with Crippen molar-refractivity contribution in [3.63, 3.8) is 0 Å². The maximum atomic E-state index is 13.3. The largest absolute Gasteiger partial charge is 0.465 e. The van der Waals surface area contributed by atoms with E-state index in [1.54, 1.807) is 36.4 Å². The van der Waals surface area contributed by atoms with Crippen molar-refractivity contribution < 1.29 is 18.4 Å². The number of halogens is 1. The van der Waals surface area contributed by atoms with Crippen LogP contribution in [0, 0.1) is 5.82 Å². The van der Waals surface area contributed by atoms with E-state index in [4.69, 9.17) is 4.42 Å². The van der Waals surface area contributed by atoms with Gasteiger partial charge in [0.1, 0.15) is 11.6 Å². The molecule has 3 aromatic rings. The van der Waals surface area contributed by atoms with Crippen molar-refractivity contribution in [1.82, 2.24) is 0 Å². The lowest BCUT2D eigenvalue weighted by atomic mass is 10.3. The van der Waals surface area contributed by atoms with E-state index in [1.165, 1.54) is 36.6 Å². The minimum absolute atomic E-state index is 0.0654. The molecule has 0 saturated heterocycles. The standard InChI is InChI=1S/C21H14FN3O3S/c22-14-8-10-16(11-9-14)25-21(27)18(13-17-7-4-12-28-17)29-20(24-25)19(26)23-15-5-2-1-3-6-15/h1-13H,(H,23,26). The number of benzene rings is 2. The molecule has 2 aromatic carbocycles. The molecule has 1 N–H and O–H groups in total. The number of furan rings is 1. The molecule has 4 rings (SSSR count). The lowest BCUT2D eigenvalue weighted by molar-refractivity contribution is -0.114. The van der Waals surface area contributed by atoms with Gasteiger partial charge in [0.25, 0.3) is 11.8 Å². The second-order valence-corrected chi connectivity index (χ2v) is 6.98. The van der Waals surface area contributed by atoms with Crippen molar-refractivity contribution in [2.24, 2.45) is 5.10 Å². The van der Waals surface area contributed by atoms with Gasteiger partial charge in [0.2, 0.25) is 0 Å². The van der Waals surface area contributed by atoms with Crippen LogP contribution in [0.25, 0.3) is 6.08 Å². The Bertz CT molecular complexity index is 1090. The van der Waals surface area contributed by atoms with Crippen LogP contribution >= 0.6 is 11.8 Å². The molecule has 0 atom stereocenters. The van der Waals surface area contributed by atoms with Gasteiger partial charge in [-0.3, -0.25) is 9.59 Å². The molecule has 2 amide bonds. The van der Waals surface area contributed by atoms with Gasteiger partial charge in [-0.05, 0) is 48.5 Å². The summed E-state index contributed by atoms with van der Waals surface area (Å²) in [6.07, 6.45) is 3.02. The zero-order chi connectivity index (χ0) is 20.2. The van der Waals surface area contributed by atoms with Crippen LogP contribution in [0.2, 0.25) is 0 Å². The van der Waals surface area contributed by atoms with Crippen LogP contribution < -0.4 is 10.3 Å². The molecule has 8 heteroatoms. The van der Waals surface area contributed by atoms with Gasteiger partial charge in [0.05, 0.1) is 16.9 Å². The molecule has 0 bridgehead atoms. The summed E-state index contributed by atoms with van der Waals surface area (Å²) in [5.41, 5.74) is 0.939. The highest BCUT2D eigenvalue weighted by Gasteiger charge is 2.31. The van der Waals surface area contributed by atoms with Crippen LogP contribution in [-0.4, -0.2) is 16.9 Å². The maximum absolute atomic E-state index is 13.3. The number of nitrogens with zero attached hydrogens (tertiary/aromatic N) is 2. The monoisotopic (exact) mass is 407 g/mol. The molecule has 0 unspecified atom stereocenters. The summed E-state index contributed by atoms with van der Waals surface area (Å²) in [5, 5.41) is 8.08. The molecular formula is C21H14FN3O3S. The van der Waals surface area contributed by atoms with E-state index < -0.39 is 17.6 Å². The summed E-state index contributed by atoms with van der Waals surface area (Å²) in [6.45, 7) is 0. The van der Waals surface area contributed by atoms with E-state index in [0.29, 0.717) is 17.1 Å². The molecule has 29 heavy (non-hydrogen) atoms. The second kappa shape index (κ2) is 8.15. The SMILES string of the molecule is O=C(Nc1ccccc1)C1=NN(c2ccc(F)cc2)C(=O)C(=Cc2ccco2)S1. The topological polar surface area (TPSA) is 74.9 Å². The summed E-state index contributed by atoms with van der Waals surface area (Å²) >= 11 is 0.941. The fraction of sp³-hybridized carbons (Fsp3) is 0. The van der Waals surface area contributed by atoms with Crippen molar-refractivity contribution in [2.45, 2.75) is 0 Å². The Labute approximate surface area is 169 Å². The van der Waals surface area contributed by atoms with Crippen molar-refractivity contribution in [3.8, 4) is 0 Å². The van der Waals surface area contributed by atoms with E-state index in [0.717, 1.165) is 16.8 Å². The fourth-order valence-corrected chi connectivity index (χ4v) is 3.38. The Morgan fingerprint density at radius 3 is 2.52 bits per heavy atom. The Morgan fingerprint density at radius 2 is 1.83 bits per heavy atom. The average Bonchev–Trinajstić information content (AvgIpc) is 3.24. The minimum Gasteiger partial charge on any atom is -0.465 e. The molecular weight excluding hydrogens is 393 g/mol. The van der Waals surface area contributed by atoms with E-state index in [9.17, 15) is 14.0 Å². The first-order valence-corrected chi connectivity index (χ1v) is 9.40. The predicted octanol–water partition coefficient (Wildman–Crippen LogP) is 4.49. The van der Waals surface area contributed by atoms with E-state index in [-0.39, 0.29) is 9.95 Å². The average molecular weight is 407 g/mol. The van der Waals surface area contributed by atoms with Gasteiger partial charge in [-0.15, -0.1) is 0 Å². The molecule has 1 aromatic heterocycles. The number of hydrogen-bond donors (Lipinski definition) is 1. The van der Waals surface area contributed by atoms with Gasteiger partial charge < -0.3 is 9.73 Å². The summed E-state index contributed by atoms with van der Waals surface area (Å²) in [5.74, 6) is -0.894. The summed E-state index contributed by atoms with van der Waals surface area (Å²) < 4.78 is 18.6. The number of anilines is 2. The quantitative estimate of drug-likeness (QED) is 0.647. The molecule has 0 fully saturated rings. The molecule has 6 nitrogen and oxygen atoms in total. The number of hydrazone groups is 1. The van der Waals surface area contributed by atoms with Crippen LogP contribution in [0.15, 0.2) is 87.4 Å². The second-order valence-electron chi connectivity index (χ2n) is 5.94. The Hall–Kier alpha value is -3.65. The molecule has 144 valence electrons. The minimum atomic E-state index is -0.467. The number of amides is 2. The Morgan fingerprint density at radius 1 is 1.07 bits per heavy atom. The predicted molar refractivity (Wildman–Crippen MR) is 111 cm³/mol. The van der Waals surface area contributed by atoms with E-state index in [2.05, 4.69) is 10.4 Å². The number of carbonyl (C=O) groups excluding carboxylic acids is 2. The summed E-state index contributed by atoms with van der Waals surface area (Å²) in [7, 11) is 0. The van der Waals surface area contributed by atoms with Crippen LogP contribution in [0.4, 0.5) is 15.8 Å². The highest BCUT2D eigenvalue weighted by atomic mass is 32.2. The lowest BCUT2D eigenvalue weighted by Crippen LogP contribution is -2.35. The van der Waals surface area contributed by atoms with Crippen LogP contribution in [0.3, 0.4) is 0 Å². The van der Waals surface area contributed by atoms with Crippen molar-refractivity contribution in [3.05, 3.63) is 89.5 Å².